The molecule has 0 aliphatic carbocycles. The Morgan fingerprint density at radius 3 is 2.19 bits per heavy atom. The average molecular weight is 604 g/mol. The lowest BCUT2D eigenvalue weighted by molar-refractivity contribution is -0.138. The zero-order valence-electron chi connectivity index (χ0n) is 24.1. The van der Waals surface area contributed by atoms with Gasteiger partial charge in [0.25, 0.3) is 0 Å². The van der Waals surface area contributed by atoms with Crippen LogP contribution in [0.5, 0.6) is 11.5 Å². The summed E-state index contributed by atoms with van der Waals surface area (Å²) in [4.78, 5) is 35.2. The number of ether oxygens (including phenoxy) is 2. The van der Waals surface area contributed by atoms with Gasteiger partial charge in [-0.3, -0.25) is 14.4 Å². The fraction of sp³-hybridized carbons (Fsp3) is 0.265. The van der Waals surface area contributed by atoms with E-state index in [9.17, 15) is 19.5 Å². The number of para-hydroxylation sites is 1. The number of hydrogen-bond donors (Lipinski definition) is 2. The first-order chi connectivity index (χ1) is 20.6. The van der Waals surface area contributed by atoms with Gasteiger partial charge in [-0.2, -0.15) is 0 Å². The van der Waals surface area contributed by atoms with Crippen molar-refractivity contribution < 1.29 is 34.1 Å². The third-order valence-electron chi connectivity index (χ3n) is 6.92. The summed E-state index contributed by atoms with van der Waals surface area (Å²) in [7, 11) is 0. The molecule has 0 saturated heterocycles. The summed E-state index contributed by atoms with van der Waals surface area (Å²) in [5.41, 5.74) is 4.62. The third-order valence-corrected chi connectivity index (χ3v) is 7.13. The highest BCUT2D eigenvalue weighted by Gasteiger charge is 2.18. The molecule has 4 aromatic rings. The molecule has 0 unspecified atom stereocenters. The maximum Gasteiger partial charge on any atom is 0.323 e. The lowest BCUT2D eigenvalue weighted by Crippen LogP contribution is -2.08. The molecule has 3 aromatic carbocycles. The van der Waals surface area contributed by atoms with Crippen LogP contribution in [0, 0.1) is 13.8 Å². The highest BCUT2D eigenvalue weighted by molar-refractivity contribution is 6.30. The molecule has 0 spiro atoms. The fourth-order valence-electron chi connectivity index (χ4n) is 4.93. The molecule has 8 nitrogen and oxygen atoms in total. The third kappa shape index (κ3) is 8.49. The topological polar surface area (TPSA) is 115 Å². The van der Waals surface area contributed by atoms with E-state index in [1.165, 1.54) is 10.8 Å². The van der Waals surface area contributed by atoms with E-state index in [0.717, 1.165) is 46.6 Å². The molecular formula is C34H34ClNO7. The quantitative estimate of drug-likeness (QED) is 0.0823. The number of fused-ring (bicyclic) bond motifs is 1. The van der Waals surface area contributed by atoms with Crippen molar-refractivity contribution in [3.63, 3.8) is 0 Å². The summed E-state index contributed by atoms with van der Waals surface area (Å²) in [5.74, 6) is -0.815. The second-order valence-electron chi connectivity index (χ2n) is 10.3. The van der Waals surface area contributed by atoms with Gasteiger partial charge in [-0.15, -0.1) is 0 Å². The van der Waals surface area contributed by atoms with Crippen LogP contribution in [-0.4, -0.2) is 45.7 Å². The van der Waals surface area contributed by atoms with Gasteiger partial charge in [0.2, 0.25) is 0 Å². The number of benzene rings is 3. The molecule has 0 fully saturated rings. The minimum Gasteiger partial charge on any atom is -0.494 e. The number of halogens is 1. The Balaban J connectivity index is 1.36. The predicted octanol–water partition coefficient (Wildman–Crippen LogP) is 7.45. The van der Waals surface area contributed by atoms with E-state index in [1.807, 2.05) is 68.5 Å². The first kappa shape index (κ1) is 31.4. The standard InChI is InChI=1S/C34H34ClNO7/c1-22-18-26(35)19-23(2)34(22)43-17-4-3-16-42-27-12-9-24(10-13-27)8-11-25-6-5-7-28-29(30(37)14-15-31(38)39)20-36(33(25)28)21-32(40)41/h5-13,18-20H,3-4,14-17,21H2,1-2H3,(H,38,39)(H,40,41). The second kappa shape index (κ2) is 14.6. The summed E-state index contributed by atoms with van der Waals surface area (Å²) >= 11 is 6.09. The van der Waals surface area contributed by atoms with Crippen molar-refractivity contribution in [1.29, 1.82) is 0 Å². The van der Waals surface area contributed by atoms with Crippen molar-refractivity contribution in [2.75, 3.05) is 13.2 Å². The lowest BCUT2D eigenvalue weighted by Gasteiger charge is -2.13. The van der Waals surface area contributed by atoms with Crippen LogP contribution in [0.3, 0.4) is 0 Å². The van der Waals surface area contributed by atoms with E-state index in [2.05, 4.69) is 0 Å². The Labute approximate surface area is 255 Å². The number of aromatic nitrogens is 1. The molecule has 0 aliphatic rings. The van der Waals surface area contributed by atoms with Gasteiger partial charge in [0.15, 0.2) is 5.78 Å². The summed E-state index contributed by atoms with van der Waals surface area (Å²) < 4.78 is 13.4. The minimum atomic E-state index is -1.06. The maximum atomic E-state index is 12.7. The number of unbranched alkanes of at least 4 members (excludes halogenated alkanes) is 1. The van der Waals surface area contributed by atoms with Crippen LogP contribution in [-0.2, 0) is 16.1 Å². The number of ketones is 1. The van der Waals surface area contributed by atoms with Crippen LogP contribution in [0.2, 0.25) is 5.02 Å². The van der Waals surface area contributed by atoms with Gasteiger partial charge in [0.1, 0.15) is 18.0 Å². The van der Waals surface area contributed by atoms with Crippen molar-refractivity contribution in [3.8, 4) is 11.5 Å². The van der Waals surface area contributed by atoms with Gasteiger partial charge >= 0.3 is 11.9 Å². The van der Waals surface area contributed by atoms with Crippen LogP contribution in [0.1, 0.15) is 58.3 Å². The summed E-state index contributed by atoms with van der Waals surface area (Å²) in [6.07, 6.45) is 6.51. The summed E-state index contributed by atoms with van der Waals surface area (Å²) in [5, 5.41) is 19.7. The summed E-state index contributed by atoms with van der Waals surface area (Å²) in [6, 6.07) is 16.8. The number of aliphatic carboxylic acids is 2. The van der Waals surface area contributed by atoms with Crippen molar-refractivity contribution in [2.24, 2.45) is 0 Å². The number of hydrogen-bond acceptors (Lipinski definition) is 5. The average Bonchev–Trinajstić information content (AvgIpc) is 3.32. The number of carbonyl (C=O) groups is 3. The number of rotatable bonds is 15. The largest absolute Gasteiger partial charge is 0.494 e. The monoisotopic (exact) mass is 603 g/mol. The number of aryl methyl sites for hydroxylation is 2. The molecule has 224 valence electrons. The normalized spacial score (nSPS) is 11.2. The fourth-order valence-corrected chi connectivity index (χ4v) is 5.25. The predicted molar refractivity (Wildman–Crippen MR) is 167 cm³/mol. The molecule has 0 amide bonds. The Bertz CT molecular complexity index is 1630. The zero-order chi connectivity index (χ0) is 30.9. The maximum absolute atomic E-state index is 12.7. The number of nitrogens with zero attached hydrogens (tertiary/aromatic N) is 1. The van der Waals surface area contributed by atoms with E-state index >= 15 is 0 Å². The first-order valence-electron chi connectivity index (χ1n) is 14.0. The Hall–Kier alpha value is -4.56. The van der Waals surface area contributed by atoms with Crippen LogP contribution in [0.15, 0.2) is 60.8 Å². The molecule has 0 saturated carbocycles. The second-order valence-corrected chi connectivity index (χ2v) is 10.7. The van der Waals surface area contributed by atoms with E-state index in [1.54, 1.807) is 12.1 Å². The molecule has 0 radical (unpaired) electrons. The summed E-state index contributed by atoms with van der Waals surface area (Å²) in [6.45, 7) is 4.80. The molecular weight excluding hydrogens is 570 g/mol. The van der Waals surface area contributed by atoms with E-state index in [0.29, 0.717) is 34.7 Å². The van der Waals surface area contributed by atoms with E-state index in [4.69, 9.17) is 26.2 Å². The van der Waals surface area contributed by atoms with Crippen LogP contribution < -0.4 is 9.47 Å². The van der Waals surface area contributed by atoms with Crippen LogP contribution in [0.25, 0.3) is 23.1 Å². The highest BCUT2D eigenvalue weighted by Crippen LogP contribution is 2.29. The molecule has 0 bridgehead atoms. The molecule has 4 rings (SSSR count). The van der Waals surface area contributed by atoms with Crippen molar-refractivity contribution in [2.45, 2.75) is 46.1 Å². The lowest BCUT2D eigenvalue weighted by atomic mass is 10.0. The van der Waals surface area contributed by atoms with Crippen molar-refractivity contribution in [1.82, 2.24) is 4.57 Å². The molecule has 0 atom stereocenters. The molecule has 2 N–H and O–H groups in total. The molecule has 1 aromatic heterocycles. The van der Waals surface area contributed by atoms with Crippen molar-refractivity contribution in [3.05, 3.63) is 93.6 Å². The van der Waals surface area contributed by atoms with Gasteiger partial charge in [-0.25, -0.2) is 0 Å². The molecule has 0 aliphatic heterocycles. The number of carboxylic acid groups (broad SMARTS) is 2. The van der Waals surface area contributed by atoms with Gasteiger partial charge in [-0.05, 0) is 73.2 Å². The van der Waals surface area contributed by atoms with Gasteiger partial charge in [-0.1, -0.05) is 54.1 Å². The van der Waals surface area contributed by atoms with Crippen LogP contribution >= 0.6 is 11.6 Å². The first-order valence-corrected chi connectivity index (χ1v) is 14.4. The Morgan fingerprint density at radius 1 is 0.860 bits per heavy atom. The molecule has 9 heteroatoms. The SMILES string of the molecule is Cc1cc(Cl)cc(C)c1OCCCCOc1ccc(C=Cc2cccc3c(C(=O)CCC(=O)O)cn(CC(=O)O)c23)cc1. The molecule has 43 heavy (non-hydrogen) atoms. The minimum absolute atomic E-state index is 0.160. The smallest absolute Gasteiger partial charge is 0.323 e. The van der Waals surface area contributed by atoms with Gasteiger partial charge < -0.3 is 24.3 Å². The number of carboxylic acids is 2. The Kier molecular flexibility index (Phi) is 10.6. The van der Waals surface area contributed by atoms with E-state index < -0.39 is 11.9 Å². The number of Topliss-reactive ketones (excluding diaryl/α,β-unsaturated/α-hetero) is 1. The van der Waals surface area contributed by atoms with Gasteiger partial charge in [0, 0.05) is 28.6 Å². The van der Waals surface area contributed by atoms with Crippen LogP contribution in [0.4, 0.5) is 0 Å². The van der Waals surface area contributed by atoms with Crippen molar-refractivity contribution >= 4 is 52.4 Å². The Morgan fingerprint density at radius 2 is 1.53 bits per heavy atom. The number of carbonyl (C=O) groups excluding carboxylic acids is 1. The van der Waals surface area contributed by atoms with Gasteiger partial charge in [0.05, 0.1) is 25.2 Å². The molecule has 1 heterocycles. The zero-order valence-corrected chi connectivity index (χ0v) is 24.9. The van der Waals surface area contributed by atoms with E-state index in [-0.39, 0.29) is 25.2 Å². The highest BCUT2D eigenvalue weighted by atomic mass is 35.5.